The zero-order valence-electron chi connectivity index (χ0n) is 6.64. The third-order valence-electron chi connectivity index (χ3n) is 2.75. The average molecular weight is 203 g/mol. The van der Waals surface area contributed by atoms with Gasteiger partial charge in [-0.2, -0.15) is 11.8 Å². The molecule has 5 nitrogen and oxygen atoms in total. The number of fused-ring (bicyclic) bond motifs is 1. The highest BCUT2D eigenvalue weighted by molar-refractivity contribution is 8.00. The summed E-state index contributed by atoms with van der Waals surface area (Å²) in [5, 5.41) is 17.5. The molecule has 1 saturated heterocycles. The monoisotopic (exact) mass is 203 g/mol. The maximum Gasteiger partial charge on any atom is 0.324 e. The van der Waals surface area contributed by atoms with Crippen molar-refractivity contribution in [1.82, 2.24) is 0 Å². The van der Waals surface area contributed by atoms with Gasteiger partial charge < -0.3 is 15.9 Å². The van der Waals surface area contributed by atoms with Gasteiger partial charge in [0.15, 0.2) is 0 Å². The SMILES string of the molecule is NC1(C(=O)O)CSC2C1[C@H]2C(=O)O. The molecular formula is C7H9NO4S. The molecular weight excluding hydrogens is 194 g/mol. The Labute approximate surface area is 78.3 Å². The topological polar surface area (TPSA) is 101 Å². The summed E-state index contributed by atoms with van der Waals surface area (Å²) in [6.45, 7) is 0. The lowest BCUT2D eigenvalue weighted by Crippen LogP contribution is -2.51. The van der Waals surface area contributed by atoms with Crippen LogP contribution in [-0.2, 0) is 9.59 Å². The predicted octanol–water partition coefficient (Wildman–Crippen LogP) is -0.786. The fourth-order valence-corrected chi connectivity index (χ4v) is 3.74. The minimum atomic E-state index is -1.32. The van der Waals surface area contributed by atoms with Crippen LogP contribution in [0.15, 0.2) is 0 Å². The lowest BCUT2D eigenvalue weighted by atomic mass is 9.96. The maximum atomic E-state index is 10.8. The van der Waals surface area contributed by atoms with E-state index in [2.05, 4.69) is 0 Å². The van der Waals surface area contributed by atoms with Crippen molar-refractivity contribution in [2.45, 2.75) is 10.8 Å². The Kier molecular flexibility index (Phi) is 1.62. The molecule has 13 heavy (non-hydrogen) atoms. The molecule has 1 saturated carbocycles. The number of hydrogen-bond acceptors (Lipinski definition) is 4. The quantitative estimate of drug-likeness (QED) is 0.544. The second-order valence-corrected chi connectivity index (χ2v) is 4.68. The summed E-state index contributed by atoms with van der Waals surface area (Å²) < 4.78 is 0. The Morgan fingerprint density at radius 1 is 1.46 bits per heavy atom. The van der Waals surface area contributed by atoms with Crippen molar-refractivity contribution in [2.75, 3.05) is 5.75 Å². The average Bonchev–Trinajstić information content (AvgIpc) is 2.66. The van der Waals surface area contributed by atoms with Gasteiger partial charge in [0.1, 0.15) is 5.54 Å². The fourth-order valence-electron chi connectivity index (χ4n) is 1.93. The zero-order chi connectivity index (χ0) is 9.80. The molecule has 0 aromatic rings. The van der Waals surface area contributed by atoms with Gasteiger partial charge in [-0.1, -0.05) is 0 Å². The number of carboxylic acid groups (broad SMARTS) is 2. The number of thioether (sulfide) groups is 1. The zero-order valence-corrected chi connectivity index (χ0v) is 7.45. The molecule has 0 bridgehead atoms. The first-order valence-electron chi connectivity index (χ1n) is 3.85. The largest absolute Gasteiger partial charge is 0.481 e. The van der Waals surface area contributed by atoms with E-state index < -0.39 is 23.4 Å². The number of aliphatic carboxylic acids is 2. The van der Waals surface area contributed by atoms with E-state index in [0.717, 1.165) is 0 Å². The second kappa shape index (κ2) is 2.39. The molecule has 72 valence electrons. The Hall–Kier alpha value is -0.750. The molecule has 2 aliphatic rings. The van der Waals surface area contributed by atoms with Gasteiger partial charge in [0.05, 0.1) is 5.92 Å². The summed E-state index contributed by atoms with van der Waals surface area (Å²) in [6, 6.07) is 0. The van der Waals surface area contributed by atoms with Crippen molar-refractivity contribution in [3.05, 3.63) is 0 Å². The van der Waals surface area contributed by atoms with E-state index in [1.165, 1.54) is 11.8 Å². The molecule has 0 spiro atoms. The minimum absolute atomic E-state index is 0.0846. The number of carboxylic acids is 2. The standard InChI is InChI=1S/C7H9NO4S/c8-7(6(11)12)1-13-4-2(3(4)7)5(9)10/h2-4H,1,8H2,(H,9,10)(H,11,12)/t2-,3?,4?,7?/m1/s1. The first kappa shape index (κ1) is 8.83. The minimum Gasteiger partial charge on any atom is -0.481 e. The molecule has 4 atom stereocenters. The molecule has 1 heterocycles. The summed E-state index contributed by atoms with van der Waals surface area (Å²) in [5.41, 5.74) is 4.31. The smallest absolute Gasteiger partial charge is 0.324 e. The van der Waals surface area contributed by atoms with E-state index in [-0.39, 0.29) is 11.2 Å². The van der Waals surface area contributed by atoms with Crippen molar-refractivity contribution in [1.29, 1.82) is 0 Å². The van der Waals surface area contributed by atoms with Crippen LogP contribution < -0.4 is 5.73 Å². The Balaban J connectivity index is 2.20. The molecule has 0 amide bonds. The number of rotatable bonds is 2. The molecule has 2 rings (SSSR count). The molecule has 0 radical (unpaired) electrons. The first-order valence-corrected chi connectivity index (χ1v) is 4.90. The van der Waals surface area contributed by atoms with E-state index in [1.807, 2.05) is 0 Å². The van der Waals surface area contributed by atoms with Crippen molar-refractivity contribution in [2.24, 2.45) is 17.6 Å². The second-order valence-electron chi connectivity index (χ2n) is 3.51. The van der Waals surface area contributed by atoms with Gasteiger partial charge in [-0.05, 0) is 0 Å². The molecule has 3 unspecified atom stereocenters. The Bertz CT molecular complexity index is 294. The van der Waals surface area contributed by atoms with E-state index in [9.17, 15) is 9.59 Å². The third kappa shape index (κ3) is 0.986. The highest BCUT2D eigenvalue weighted by atomic mass is 32.2. The molecule has 1 aliphatic carbocycles. The van der Waals surface area contributed by atoms with Crippen molar-refractivity contribution >= 4 is 23.7 Å². The van der Waals surface area contributed by atoms with E-state index >= 15 is 0 Å². The van der Waals surface area contributed by atoms with Gasteiger partial charge in [-0.3, -0.25) is 9.59 Å². The lowest BCUT2D eigenvalue weighted by molar-refractivity contribution is -0.144. The van der Waals surface area contributed by atoms with Crippen LogP contribution in [0.25, 0.3) is 0 Å². The van der Waals surface area contributed by atoms with Crippen LogP contribution in [0.5, 0.6) is 0 Å². The highest BCUT2D eigenvalue weighted by Gasteiger charge is 2.71. The predicted molar refractivity (Wildman–Crippen MR) is 45.4 cm³/mol. The molecule has 0 aromatic carbocycles. The van der Waals surface area contributed by atoms with Crippen LogP contribution in [0.2, 0.25) is 0 Å². The van der Waals surface area contributed by atoms with Crippen molar-refractivity contribution in [3.63, 3.8) is 0 Å². The van der Waals surface area contributed by atoms with Gasteiger partial charge in [0, 0.05) is 16.9 Å². The number of carbonyl (C=O) groups is 2. The van der Waals surface area contributed by atoms with Gasteiger partial charge in [0.2, 0.25) is 0 Å². The van der Waals surface area contributed by atoms with Crippen LogP contribution in [-0.4, -0.2) is 38.7 Å². The Morgan fingerprint density at radius 3 is 2.46 bits per heavy atom. The third-order valence-corrected chi connectivity index (χ3v) is 4.36. The first-order chi connectivity index (χ1) is 5.98. The fraction of sp³-hybridized carbons (Fsp3) is 0.714. The summed E-state index contributed by atoms with van der Waals surface area (Å²) in [4.78, 5) is 21.4. The summed E-state index contributed by atoms with van der Waals surface area (Å²) in [6.07, 6.45) is 0. The molecule has 4 N–H and O–H groups in total. The van der Waals surface area contributed by atoms with E-state index in [1.54, 1.807) is 0 Å². The highest BCUT2D eigenvalue weighted by Crippen LogP contribution is 2.60. The van der Waals surface area contributed by atoms with Crippen LogP contribution >= 0.6 is 11.8 Å². The van der Waals surface area contributed by atoms with Crippen LogP contribution in [0.1, 0.15) is 0 Å². The number of nitrogens with two attached hydrogens (primary N) is 1. The normalized spacial score (nSPS) is 47.0. The van der Waals surface area contributed by atoms with Gasteiger partial charge in [0.25, 0.3) is 0 Å². The van der Waals surface area contributed by atoms with Crippen molar-refractivity contribution in [3.8, 4) is 0 Å². The maximum absolute atomic E-state index is 10.8. The van der Waals surface area contributed by atoms with Gasteiger partial charge in [-0.15, -0.1) is 0 Å². The summed E-state index contributed by atoms with van der Waals surface area (Å²) in [5.74, 6) is -2.64. The number of hydrogen-bond donors (Lipinski definition) is 3. The Morgan fingerprint density at radius 2 is 2.08 bits per heavy atom. The van der Waals surface area contributed by atoms with Crippen LogP contribution in [0.3, 0.4) is 0 Å². The summed E-state index contributed by atoms with van der Waals surface area (Å²) >= 11 is 1.36. The van der Waals surface area contributed by atoms with Gasteiger partial charge >= 0.3 is 11.9 Å². The molecule has 0 aromatic heterocycles. The van der Waals surface area contributed by atoms with E-state index in [4.69, 9.17) is 15.9 Å². The molecule has 2 fully saturated rings. The van der Waals surface area contributed by atoms with E-state index in [0.29, 0.717) is 5.75 Å². The van der Waals surface area contributed by atoms with Crippen LogP contribution in [0, 0.1) is 11.8 Å². The van der Waals surface area contributed by atoms with Crippen molar-refractivity contribution < 1.29 is 19.8 Å². The summed E-state index contributed by atoms with van der Waals surface area (Å²) in [7, 11) is 0. The molecule has 1 aliphatic heterocycles. The van der Waals surface area contributed by atoms with Gasteiger partial charge in [-0.25, -0.2) is 0 Å². The lowest BCUT2D eigenvalue weighted by Gasteiger charge is -2.20. The van der Waals surface area contributed by atoms with Crippen LogP contribution in [0.4, 0.5) is 0 Å². The molecule has 6 heteroatoms.